The fourth-order valence-electron chi connectivity index (χ4n) is 1.25. The minimum Gasteiger partial charge on any atom is -0.348 e. The van der Waals surface area contributed by atoms with Crippen LogP contribution in [0.4, 0.5) is 0 Å². The molecule has 2 atom stereocenters. The van der Waals surface area contributed by atoms with Crippen molar-refractivity contribution in [2.24, 2.45) is 0 Å². The first-order valence-electron chi connectivity index (χ1n) is 5.05. The van der Waals surface area contributed by atoms with Crippen LogP contribution in [0, 0.1) is 6.92 Å². The predicted octanol–water partition coefficient (Wildman–Crippen LogP) is 3.41. The number of thiophene rings is 1. The number of hydrogen-bond donors (Lipinski definition) is 1. The molecule has 0 aliphatic rings. The van der Waals surface area contributed by atoms with Crippen molar-refractivity contribution in [3.63, 3.8) is 0 Å². The standard InChI is InChI=1S/C11H16BrNOS/c1-4-9(12)11(14)13-8(3)10-6-5-7(2)15-10/h5-6,8-9H,4H2,1-3H3,(H,13,14). The van der Waals surface area contributed by atoms with Crippen LogP contribution in [0.5, 0.6) is 0 Å². The zero-order valence-corrected chi connectivity index (χ0v) is 11.6. The molecule has 84 valence electrons. The second-order valence-corrected chi connectivity index (χ2v) is 5.98. The van der Waals surface area contributed by atoms with Crippen molar-refractivity contribution in [1.82, 2.24) is 5.32 Å². The van der Waals surface area contributed by atoms with Gasteiger partial charge in [0.15, 0.2) is 0 Å². The van der Waals surface area contributed by atoms with Crippen molar-refractivity contribution >= 4 is 33.2 Å². The van der Waals surface area contributed by atoms with Crippen molar-refractivity contribution in [1.29, 1.82) is 0 Å². The van der Waals surface area contributed by atoms with Crippen LogP contribution in [-0.2, 0) is 4.79 Å². The summed E-state index contributed by atoms with van der Waals surface area (Å²) < 4.78 is 0. The van der Waals surface area contributed by atoms with E-state index in [4.69, 9.17) is 0 Å². The molecule has 0 aromatic carbocycles. The molecule has 1 heterocycles. The lowest BCUT2D eigenvalue weighted by Crippen LogP contribution is -2.32. The van der Waals surface area contributed by atoms with Gasteiger partial charge in [-0.2, -0.15) is 0 Å². The molecule has 1 aromatic heterocycles. The van der Waals surface area contributed by atoms with Gasteiger partial charge in [-0.15, -0.1) is 11.3 Å². The van der Waals surface area contributed by atoms with Crippen molar-refractivity contribution in [3.8, 4) is 0 Å². The average molecular weight is 290 g/mol. The molecule has 2 nitrogen and oxygen atoms in total. The Hall–Kier alpha value is -0.350. The Kier molecular flexibility index (Phi) is 4.80. The van der Waals surface area contributed by atoms with Crippen molar-refractivity contribution in [2.75, 3.05) is 0 Å². The van der Waals surface area contributed by atoms with Crippen LogP contribution in [0.2, 0.25) is 0 Å². The van der Waals surface area contributed by atoms with E-state index >= 15 is 0 Å². The molecule has 1 N–H and O–H groups in total. The van der Waals surface area contributed by atoms with Crippen LogP contribution >= 0.6 is 27.3 Å². The van der Waals surface area contributed by atoms with Gasteiger partial charge in [0.05, 0.1) is 10.9 Å². The number of hydrogen-bond acceptors (Lipinski definition) is 2. The number of halogens is 1. The van der Waals surface area contributed by atoms with Crippen LogP contribution in [-0.4, -0.2) is 10.7 Å². The third kappa shape index (κ3) is 3.61. The Balaban J connectivity index is 2.56. The molecule has 0 bridgehead atoms. The topological polar surface area (TPSA) is 29.1 Å². The summed E-state index contributed by atoms with van der Waals surface area (Å²) >= 11 is 5.07. The van der Waals surface area contributed by atoms with Crippen molar-refractivity contribution in [2.45, 2.75) is 38.1 Å². The maximum absolute atomic E-state index is 11.6. The summed E-state index contributed by atoms with van der Waals surface area (Å²) in [6.45, 7) is 6.07. The third-order valence-corrected chi connectivity index (χ3v) is 4.44. The third-order valence-electron chi connectivity index (χ3n) is 2.19. The number of alkyl halides is 1. The molecule has 4 heteroatoms. The van der Waals surface area contributed by atoms with E-state index in [1.54, 1.807) is 11.3 Å². The molecule has 0 radical (unpaired) electrons. The first-order valence-corrected chi connectivity index (χ1v) is 6.78. The predicted molar refractivity (Wildman–Crippen MR) is 68.6 cm³/mol. The molecule has 1 aromatic rings. The molecule has 0 aliphatic heterocycles. The fraction of sp³-hybridized carbons (Fsp3) is 0.545. The summed E-state index contributed by atoms with van der Waals surface area (Å²) in [5, 5.41) is 2.98. The first kappa shape index (κ1) is 12.7. The van der Waals surface area contributed by atoms with Gasteiger partial charge in [-0.1, -0.05) is 22.9 Å². The molecular weight excluding hydrogens is 274 g/mol. The SMILES string of the molecule is CCC(Br)C(=O)NC(C)c1ccc(C)s1. The van der Waals surface area contributed by atoms with Crippen LogP contribution in [0.3, 0.4) is 0 Å². The Morgan fingerprint density at radius 3 is 2.73 bits per heavy atom. The molecule has 15 heavy (non-hydrogen) atoms. The van der Waals surface area contributed by atoms with Gasteiger partial charge in [-0.25, -0.2) is 0 Å². The highest BCUT2D eigenvalue weighted by Gasteiger charge is 2.16. The maximum atomic E-state index is 11.6. The zero-order chi connectivity index (χ0) is 11.4. The molecule has 0 saturated carbocycles. The van der Waals surface area contributed by atoms with Crippen LogP contribution in [0.1, 0.15) is 36.1 Å². The van der Waals surface area contributed by atoms with Gasteiger partial charge in [0.1, 0.15) is 0 Å². The molecule has 1 rings (SSSR count). The van der Waals surface area contributed by atoms with Crippen LogP contribution in [0.25, 0.3) is 0 Å². The highest BCUT2D eigenvalue weighted by molar-refractivity contribution is 9.10. The number of rotatable bonds is 4. The molecule has 0 aliphatic carbocycles. The smallest absolute Gasteiger partial charge is 0.234 e. The Labute approximate surface area is 103 Å². The minimum atomic E-state index is -0.0824. The van der Waals surface area contributed by atoms with E-state index in [0.717, 1.165) is 6.42 Å². The number of carbonyl (C=O) groups excluding carboxylic acids is 1. The molecule has 0 saturated heterocycles. The number of aryl methyl sites for hydroxylation is 1. The van der Waals surface area contributed by atoms with E-state index < -0.39 is 0 Å². The van der Waals surface area contributed by atoms with Gasteiger partial charge in [-0.3, -0.25) is 4.79 Å². The number of nitrogens with one attached hydrogen (secondary N) is 1. The molecular formula is C11H16BrNOS. The summed E-state index contributed by atoms with van der Waals surface area (Å²) in [4.78, 5) is 14.0. The Bertz CT molecular complexity index is 337. The van der Waals surface area contributed by atoms with Gasteiger partial charge in [0.25, 0.3) is 0 Å². The molecule has 1 amide bonds. The van der Waals surface area contributed by atoms with Gasteiger partial charge < -0.3 is 5.32 Å². The van der Waals surface area contributed by atoms with E-state index in [0.29, 0.717) is 0 Å². The molecule has 2 unspecified atom stereocenters. The quantitative estimate of drug-likeness (QED) is 0.846. The minimum absolute atomic E-state index is 0.0658. The van der Waals surface area contributed by atoms with Crippen molar-refractivity contribution < 1.29 is 4.79 Å². The van der Waals surface area contributed by atoms with E-state index in [-0.39, 0.29) is 16.8 Å². The van der Waals surface area contributed by atoms with E-state index in [9.17, 15) is 4.79 Å². The summed E-state index contributed by atoms with van der Waals surface area (Å²) in [6, 6.07) is 4.25. The van der Waals surface area contributed by atoms with Gasteiger partial charge in [0.2, 0.25) is 5.91 Å². The molecule has 0 fully saturated rings. The maximum Gasteiger partial charge on any atom is 0.234 e. The monoisotopic (exact) mass is 289 g/mol. The lowest BCUT2D eigenvalue weighted by molar-refractivity contribution is -0.121. The van der Waals surface area contributed by atoms with Crippen molar-refractivity contribution in [3.05, 3.63) is 21.9 Å². The largest absolute Gasteiger partial charge is 0.348 e. The van der Waals surface area contributed by atoms with E-state index in [1.165, 1.54) is 9.75 Å². The fourth-order valence-corrected chi connectivity index (χ4v) is 2.26. The van der Waals surface area contributed by atoms with Gasteiger partial charge >= 0.3 is 0 Å². The van der Waals surface area contributed by atoms with Crippen LogP contribution < -0.4 is 5.32 Å². The second-order valence-electron chi connectivity index (χ2n) is 3.55. The summed E-state index contributed by atoms with van der Waals surface area (Å²) in [6.07, 6.45) is 0.808. The number of amides is 1. The summed E-state index contributed by atoms with van der Waals surface area (Å²) in [7, 11) is 0. The second kappa shape index (κ2) is 5.66. The highest BCUT2D eigenvalue weighted by atomic mass is 79.9. The van der Waals surface area contributed by atoms with Crippen LogP contribution in [0.15, 0.2) is 12.1 Å². The molecule has 0 spiro atoms. The first-order chi connectivity index (χ1) is 7.04. The lowest BCUT2D eigenvalue weighted by Gasteiger charge is -2.14. The zero-order valence-electron chi connectivity index (χ0n) is 9.21. The highest BCUT2D eigenvalue weighted by Crippen LogP contribution is 2.22. The van der Waals surface area contributed by atoms with Gasteiger partial charge in [-0.05, 0) is 32.4 Å². The Morgan fingerprint density at radius 1 is 1.60 bits per heavy atom. The normalized spacial score (nSPS) is 14.7. The summed E-state index contributed by atoms with van der Waals surface area (Å²) in [5.74, 6) is 0.0658. The van der Waals surface area contributed by atoms with E-state index in [2.05, 4.69) is 40.3 Å². The Morgan fingerprint density at radius 2 is 2.27 bits per heavy atom. The van der Waals surface area contributed by atoms with Gasteiger partial charge in [0, 0.05) is 9.75 Å². The number of carbonyl (C=O) groups is 1. The average Bonchev–Trinajstić information content (AvgIpc) is 2.63. The van der Waals surface area contributed by atoms with E-state index in [1.807, 2.05) is 13.8 Å². The lowest BCUT2D eigenvalue weighted by atomic mass is 10.2. The summed E-state index contributed by atoms with van der Waals surface area (Å²) in [5.41, 5.74) is 0.